The molecule has 3 N–H and O–H groups in total. The molecule has 1 aliphatic carbocycles. The van der Waals surface area contributed by atoms with Gasteiger partial charge in [-0.2, -0.15) is 0 Å². The van der Waals surface area contributed by atoms with Gasteiger partial charge in [0.05, 0.1) is 6.10 Å². The lowest BCUT2D eigenvalue weighted by molar-refractivity contribution is -0.145. The fraction of sp³-hybridized carbons (Fsp3) is 0.875. The molecule has 1 saturated carbocycles. The topological polar surface area (TPSA) is 72.5 Å². The van der Waals surface area contributed by atoms with E-state index in [-0.39, 0.29) is 18.5 Å². The van der Waals surface area contributed by atoms with Crippen LogP contribution in [-0.4, -0.2) is 29.8 Å². The van der Waals surface area contributed by atoms with Gasteiger partial charge >= 0.3 is 5.97 Å². The average Bonchev–Trinajstić information content (AvgIpc) is 2.06. The Morgan fingerprint density at radius 3 is 2.31 bits per heavy atom. The first-order chi connectivity index (χ1) is 5.58. The second-order valence-corrected chi connectivity index (χ2v) is 3.40. The van der Waals surface area contributed by atoms with E-state index in [4.69, 9.17) is 15.6 Å². The number of ether oxygens (including phenoxy) is 1. The van der Waals surface area contributed by atoms with E-state index in [1.165, 1.54) is 0 Å². The quantitative estimate of drug-likeness (QED) is 0.705. The molecule has 5 heteroatoms. The third-order valence-corrected chi connectivity index (χ3v) is 2.58. The van der Waals surface area contributed by atoms with Gasteiger partial charge in [0, 0.05) is 7.11 Å². The van der Waals surface area contributed by atoms with E-state index in [1.54, 1.807) is 7.11 Å². The molecule has 13 heavy (non-hydrogen) atoms. The summed E-state index contributed by atoms with van der Waals surface area (Å²) in [4.78, 5) is 10.7. The van der Waals surface area contributed by atoms with Crippen molar-refractivity contribution in [1.29, 1.82) is 0 Å². The summed E-state index contributed by atoms with van der Waals surface area (Å²) in [6, 6.07) is 0. The molecule has 1 rings (SSSR count). The van der Waals surface area contributed by atoms with Crippen molar-refractivity contribution >= 4 is 18.4 Å². The number of hydrogen-bond acceptors (Lipinski definition) is 3. The number of carboxylic acid groups (broad SMARTS) is 1. The molecular weight excluding hydrogens is 194 g/mol. The van der Waals surface area contributed by atoms with Crippen molar-refractivity contribution in [2.75, 3.05) is 7.11 Å². The van der Waals surface area contributed by atoms with Crippen molar-refractivity contribution in [1.82, 2.24) is 0 Å². The first-order valence-electron chi connectivity index (χ1n) is 4.13. The minimum Gasteiger partial charge on any atom is -0.480 e. The molecule has 0 aromatic heterocycles. The molecule has 1 fully saturated rings. The highest BCUT2D eigenvalue weighted by Crippen LogP contribution is 2.27. The predicted octanol–water partition coefficient (Wildman–Crippen LogP) is 0.779. The fourth-order valence-electron chi connectivity index (χ4n) is 1.56. The fourth-order valence-corrected chi connectivity index (χ4v) is 1.56. The van der Waals surface area contributed by atoms with Gasteiger partial charge in [0.15, 0.2) is 0 Å². The summed E-state index contributed by atoms with van der Waals surface area (Å²) in [5.41, 5.74) is 4.66. The van der Waals surface area contributed by atoms with E-state index in [2.05, 4.69) is 0 Å². The molecule has 0 aliphatic heterocycles. The number of hydrogen-bond donors (Lipinski definition) is 2. The second-order valence-electron chi connectivity index (χ2n) is 3.40. The minimum absolute atomic E-state index is 0. The number of aliphatic carboxylic acids is 1. The third-order valence-electron chi connectivity index (χ3n) is 2.58. The average molecular weight is 210 g/mol. The molecule has 4 nitrogen and oxygen atoms in total. The standard InChI is InChI=1S/C8H15NO3.ClH/c1-12-6-2-4-8(9,5-3-6)7(10)11;/h6H,2-5,9H2,1H3,(H,10,11);1H. The van der Waals surface area contributed by atoms with Crippen molar-refractivity contribution in [2.24, 2.45) is 5.73 Å². The van der Waals surface area contributed by atoms with Gasteiger partial charge in [-0.3, -0.25) is 4.79 Å². The van der Waals surface area contributed by atoms with Crippen LogP contribution in [0.15, 0.2) is 0 Å². The van der Waals surface area contributed by atoms with Gasteiger partial charge < -0.3 is 15.6 Å². The van der Waals surface area contributed by atoms with Crippen LogP contribution in [0.2, 0.25) is 0 Å². The molecule has 1 aliphatic rings. The summed E-state index contributed by atoms with van der Waals surface area (Å²) < 4.78 is 5.12. The van der Waals surface area contributed by atoms with Gasteiger partial charge in [-0.1, -0.05) is 0 Å². The summed E-state index contributed by atoms with van der Waals surface area (Å²) in [5.74, 6) is -0.892. The number of nitrogens with two attached hydrogens (primary N) is 1. The largest absolute Gasteiger partial charge is 0.480 e. The van der Waals surface area contributed by atoms with E-state index < -0.39 is 11.5 Å². The SMILES string of the molecule is COC1CCC(N)(C(=O)O)CC1.Cl. The minimum atomic E-state index is -1.00. The van der Waals surface area contributed by atoms with Crippen molar-refractivity contribution < 1.29 is 14.6 Å². The molecule has 78 valence electrons. The van der Waals surface area contributed by atoms with Crippen LogP contribution in [0.5, 0.6) is 0 Å². The zero-order valence-corrected chi connectivity index (χ0v) is 8.47. The maximum absolute atomic E-state index is 10.7. The van der Waals surface area contributed by atoms with Crippen molar-refractivity contribution in [3.8, 4) is 0 Å². The van der Waals surface area contributed by atoms with Crippen LogP contribution >= 0.6 is 12.4 Å². The predicted molar refractivity (Wildman–Crippen MR) is 51.1 cm³/mol. The molecular formula is C8H16ClNO3. The van der Waals surface area contributed by atoms with Crippen LogP contribution in [0.3, 0.4) is 0 Å². The summed E-state index contributed by atoms with van der Waals surface area (Å²) >= 11 is 0. The Labute approximate surface area is 83.9 Å². The Morgan fingerprint density at radius 2 is 2.00 bits per heavy atom. The van der Waals surface area contributed by atoms with Gasteiger partial charge in [0.25, 0.3) is 0 Å². The lowest BCUT2D eigenvalue weighted by Crippen LogP contribution is -2.51. The number of methoxy groups -OCH3 is 1. The van der Waals surface area contributed by atoms with Crippen LogP contribution in [0.1, 0.15) is 25.7 Å². The van der Waals surface area contributed by atoms with Gasteiger partial charge in [0.2, 0.25) is 0 Å². The Bertz CT molecular complexity index is 178. The molecule has 0 unspecified atom stereocenters. The molecule has 0 saturated heterocycles. The van der Waals surface area contributed by atoms with Gasteiger partial charge in [-0.15, -0.1) is 12.4 Å². The van der Waals surface area contributed by atoms with Gasteiger partial charge in [-0.05, 0) is 25.7 Å². The number of rotatable bonds is 2. The molecule has 0 heterocycles. The Kier molecular flexibility index (Phi) is 4.67. The summed E-state index contributed by atoms with van der Waals surface area (Å²) in [6.45, 7) is 0. The van der Waals surface area contributed by atoms with Crippen molar-refractivity contribution in [3.63, 3.8) is 0 Å². The van der Waals surface area contributed by atoms with Crippen LogP contribution in [0.4, 0.5) is 0 Å². The summed E-state index contributed by atoms with van der Waals surface area (Å²) in [5, 5.41) is 8.79. The highest BCUT2D eigenvalue weighted by Gasteiger charge is 2.38. The molecule has 0 aromatic carbocycles. The van der Waals surface area contributed by atoms with Crippen LogP contribution in [-0.2, 0) is 9.53 Å². The van der Waals surface area contributed by atoms with Crippen molar-refractivity contribution in [2.45, 2.75) is 37.3 Å². The Balaban J connectivity index is 0.00000144. The van der Waals surface area contributed by atoms with Crippen LogP contribution in [0, 0.1) is 0 Å². The maximum Gasteiger partial charge on any atom is 0.323 e. The molecule has 0 atom stereocenters. The van der Waals surface area contributed by atoms with Crippen molar-refractivity contribution in [3.05, 3.63) is 0 Å². The second kappa shape index (κ2) is 4.79. The van der Waals surface area contributed by atoms with E-state index in [0.29, 0.717) is 12.8 Å². The van der Waals surface area contributed by atoms with Crippen LogP contribution < -0.4 is 5.73 Å². The van der Waals surface area contributed by atoms with Gasteiger partial charge in [0.1, 0.15) is 5.54 Å². The zero-order valence-electron chi connectivity index (χ0n) is 7.66. The Hall–Kier alpha value is -0.320. The molecule has 0 spiro atoms. The zero-order chi connectivity index (χ0) is 9.19. The first-order valence-corrected chi connectivity index (χ1v) is 4.13. The third kappa shape index (κ3) is 2.83. The number of carbonyl (C=O) groups is 1. The monoisotopic (exact) mass is 209 g/mol. The lowest BCUT2D eigenvalue weighted by atomic mass is 9.81. The van der Waals surface area contributed by atoms with E-state index >= 15 is 0 Å². The summed E-state index contributed by atoms with van der Waals surface area (Å²) in [6.07, 6.45) is 2.72. The van der Waals surface area contributed by atoms with E-state index in [0.717, 1.165) is 12.8 Å². The molecule has 0 aromatic rings. The van der Waals surface area contributed by atoms with E-state index in [9.17, 15) is 4.79 Å². The molecule has 0 radical (unpaired) electrons. The highest BCUT2D eigenvalue weighted by molar-refractivity contribution is 5.85. The number of halogens is 1. The van der Waals surface area contributed by atoms with Gasteiger partial charge in [-0.25, -0.2) is 0 Å². The highest BCUT2D eigenvalue weighted by atomic mass is 35.5. The lowest BCUT2D eigenvalue weighted by Gasteiger charge is -2.32. The smallest absolute Gasteiger partial charge is 0.323 e. The number of carboxylic acids is 1. The van der Waals surface area contributed by atoms with Crippen LogP contribution in [0.25, 0.3) is 0 Å². The molecule has 0 amide bonds. The summed E-state index contributed by atoms with van der Waals surface area (Å²) in [7, 11) is 1.65. The maximum atomic E-state index is 10.7. The van der Waals surface area contributed by atoms with E-state index in [1.807, 2.05) is 0 Å². The Morgan fingerprint density at radius 1 is 1.54 bits per heavy atom. The molecule has 0 bridgehead atoms. The first kappa shape index (κ1) is 12.7. The normalized spacial score (nSPS) is 33.5.